The summed E-state index contributed by atoms with van der Waals surface area (Å²) in [5.41, 5.74) is -1.59. The van der Waals surface area contributed by atoms with Gasteiger partial charge in [-0.25, -0.2) is 0 Å². The van der Waals surface area contributed by atoms with Gasteiger partial charge in [-0.3, -0.25) is 4.79 Å². The second-order valence-electron chi connectivity index (χ2n) is 5.21. The average Bonchev–Trinajstić information content (AvgIpc) is 2.32. The molecule has 0 saturated carbocycles. The van der Waals surface area contributed by atoms with E-state index in [-0.39, 0.29) is 5.78 Å². The maximum absolute atomic E-state index is 11.1. The number of allylic oxidation sites excluding steroid dienone is 1. The molecule has 0 spiro atoms. The van der Waals surface area contributed by atoms with E-state index < -0.39 is 11.7 Å². The molecule has 0 saturated heterocycles. The zero-order valence-electron chi connectivity index (χ0n) is 11.8. The minimum absolute atomic E-state index is 0.376. The number of carbonyl (C=O) groups excluding carboxylic acids is 1. The Bertz CT molecular complexity index is 246. The molecule has 0 aliphatic rings. The Hall–Kier alpha value is -0.670. The summed E-state index contributed by atoms with van der Waals surface area (Å²) in [6, 6.07) is 0. The minimum atomic E-state index is -1.59. The highest BCUT2D eigenvalue weighted by molar-refractivity contribution is 5.84. The van der Waals surface area contributed by atoms with Gasteiger partial charge in [0.25, 0.3) is 0 Å². The van der Waals surface area contributed by atoms with Gasteiger partial charge in [0.15, 0.2) is 5.78 Å². The maximum Gasteiger partial charge on any atom is 0.163 e. The van der Waals surface area contributed by atoms with E-state index in [9.17, 15) is 15.0 Å². The fourth-order valence-corrected chi connectivity index (χ4v) is 1.85. The van der Waals surface area contributed by atoms with Crippen LogP contribution in [0.1, 0.15) is 65.2 Å². The molecular weight excluding hydrogens is 228 g/mol. The molecule has 0 aromatic carbocycles. The molecule has 0 radical (unpaired) electrons. The van der Waals surface area contributed by atoms with Gasteiger partial charge in [0.2, 0.25) is 0 Å². The second kappa shape index (κ2) is 9.29. The van der Waals surface area contributed by atoms with Crippen molar-refractivity contribution in [2.24, 2.45) is 0 Å². The summed E-state index contributed by atoms with van der Waals surface area (Å²) in [5, 5.41) is 19.5. The Morgan fingerprint density at radius 1 is 1.22 bits per heavy atom. The lowest BCUT2D eigenvalue weighted by molar-refractivity contribution is -0.145. The first-order valence-corrected chi connectivity index (χ1v) is 6.95. The van der Waals surface area contributed by atoms with Gasteiger partial charge in [-0.05, 0) is 33.1 Å². The summed E-state index contributed by atoms with van der Waals surface area (Å²) in [6.45, 7) is 6.38. The van der Waals surface area contributed by atoms with Gasteiger partial charge in [0.05, 0.1) is 6.10 Å². The zero-order valence-corrected chi connectivity index (χ0v) is 11.8. The predicted octanol–water partition coefficient (Wildman–Crippen LogP) is 2.99. The van der Waals surface area contributed by atoms with Crippen molar-refractivity contribution in [3.63, 3.8) is 0 Å². The van der Waals surface area contributed by atoms with Crippen molar-refractivity contribution in [1.29, 1.82) is 0 Å². The van der Waals surface area contributed by atoms with Crippen LogP contribution in [0, 0.1) is 0 Å². The van der Waals surface area contributed by atoms with Gasteiger partial charge in [-0.1, -0.05) is 38.2 Å². The molecule has 0 aliphatic heterocycles. The van der Waals surface area contributed by atoms with E-state index in [1.807, 2.05) is 6.08 Å². The molecule has 0 bridgehead atoms. The molecule has 18 heavy (non-hydrogen) atoms. The minimum Gasteiger partial charge on any atom is -0.390 e. The lowest BCUT2D eigenvalue weighted by Gasteiger charge is -2.26. The van der Waals surface area contributed by atoms with E-state index in [0.29, 0.717) is 6.42 Å². The Balaban J connectivity index is 3.54. The first-order chi connectivity index (χ1) is 8.42. The molecule has 3 nitrogen and oxygen atoms in total. The van der Waals surface area contributed by atoms with Crippen LogP contribution < -0.4 is 0 Å². The van der Waals surface area contributed by atoms with E-state index in [1.54, 1.807) is 0 Å². The molecule has 106 valence electrons. The highest BCUT2D eigenvalue weighted by Gasteiger charge is 2.34. The van der Waals surface area contributed by atoms with Gasteiger partial charge in [-0.2, -0.15) is 0 Å². The molecule has 0 rings (SSSR count). The molecule has 0 heterocycles. The third kappa shape index (κ3) is 6.92. The van der Waals surface area contributed by atoms with E-state index in [2.05, 4.69) is 6.58 Å². The summed E-state index contributed by atoms with van der Waals surface area (Å²) in [6.07, 6.45) is 9.23. The maximum atomic E-state index is 11.1. The van der Waals surface area contributed by atoms with Crippen molar-refractivity contribution in [3.8, 4) is 0 Å². The van der Waals surface area contributed by atoms with Crippen molar-refractivity contribution in [2.75, 3.05) is 0 Å². The Labute approximate surface area is 111 Å². The fraction of sp³-hybridized carbons (Fsp3) is 0.800. The van der Waals surface area contributed by atoms with E-state index >= 15 is 0 Å². The van der Waals surface area contributed by atoms with Crippen LogP contribution in [0.25, 0.3) is 0 Å². The first kappa shape index (κ1) is 17.3. The molecule has 3 heteroatoms. The number of aliphatic hydroxyl groups excluding tert-OH is 1. The smallest absolute Gasteiger partial charge is 0.163 e. The van der Waals surface area contributed by atoms with Gasteiger partial charge in [-0.15, -0.1) is 6.58 Å². The fourth-order valence-electron chi connectivity index (χ4n) is 1.85. The molecule has 0 aliphatic carbocycles. The van der Waals surface area contributed by atoms with Crippen LogP contribution in [0.15, 0.2) is 12.7 Å². The summed E-state index contributed by atoms with van der Waals surface area (Å²) >= 11 is 0. The van der Waals surface area contributed by atoms with Crippen LogP contribution in [0.2, 0.25) is 0 Å². The van der Waals surface area contributed by atoms with Gasteiger partial charge in [0.1, 0.15) is 5.60 Å². The van der Waals surface area contributed by atoms with Crippen LogP contribution in [0.5, 0.6) is 0 Å². The highest BCUT2D eigenvalue weighted by Crippen LogP contribution is 2.18. The lowest BCUT2D eigenvalue weighted by Crippen LogP contribution is -2.45. The number of carbonyl (C=O) groups is 1. The molecule has 2 unspecified atom stereocenters. The van der Waals surface area contributed by atoms with E-state index in [4.69, 9.17) is 0 Å². The monoisotopic (exact) mass is 256 g/mol. The van der Waals surface area contributed by atoms with Crippen LogP contribution in [0.3, 0.4) is 0 Å². The van der Waals surface area contributed by atoms with Crippen molar-refractivity contribution in [3.05, 3.63) is 12.7 Å². The zero-order chi connectivity index (χ0) is 14.0. The second-order valence-corrected chi connectivity index (χ2v) is 5.21. The molecule has 0 amide bonds. The van der Waals surface area contributed by atoms with Crippen molar-refractivity contribution in [1.82, 2.24) is 0 Å². The van der Waals surface area contributed by atoms with Crippen molar-refractivity contribution < 1.29 is 15.0 Å². The number of hydrogen-bond acceptors (Lipinski definition) is 3. The standard InChI is InChI=1S/C15H28O3/c1-4-5-6-7-8-9-10-11-12-14(17)15(3,18)13(2)16/h4,14,17-18H,1,5-12H2,2-3H3. The topological polar surface area (TPSA) is 57.5 Å². The summed E-state index contributed by atoms with van der Waals surface area (Å²) in [5.74, 6) is -0.376. The normalized spacial score (nSPS) is 16.0. The SMILES string of the molecule is C=CCCCCCCCCC(O)C(C)(O)C(C)=O. The number of hydrogen-bond donors (Lipinski definition) is 2. The van der Waals surface area contributed by atoms with Gasteiger partial charge >= 0.3 is 0 Å². The van der Waals surface area contributed by atoms with Crippen molar-refractivity contribution >= 4 is 5.78 Å². The Morgan fingerprint density at radius 3 is 2.22 bits per heavy atom. The van der Waals surface area contributed by atoms with E-state index in [0.717, 1.165) is 25.7 Å². The highest BCUT2D eigenvalue weighted by atomic mass is 16.3. The average molecular weight is 256 g/mol. The summed E-state index contributed by atoms with van der Waals surface area (Å²) < 4.78 is 0. The van der Waals surface area contributed by atoms with Gasteiger partial charge < -0.3 is 10.2 Å². The van der Waals surface area contributed by atoms with Gasteiger partial charge in [0, 0.05) is 0 Å². The third-order valence-electron chi connectivity index (χ3n) is 3.50. The van der Waals surface area contributed by atoms with Crippen LogP contribution in [-0.2, 0) is 4.79 Å². The predicted molar refractivity (Wildman–Crippen MR) is 74.4 cm³/mol. The Kier molecular flexibility index (Phi) is 8.94. The Morgan fingerprint density at radius 2 is 1.72 bits per heavy atom. The van der Waals surface area contributed by atoms with Crippen molar-refractivity contribution in [2.45, 2.75) is 76.9 Å². The summed E-state index contributed by atoms with van der Waals surface area (Å²) in [7, 11) is 0. The van der Waals surface area contributed by atoms with Crippen LogP contribution >= 0.6 is 0 Å². The molecular formula is C15H28O3. The number of Topliss-reactive ketones (excluding diaryl/α,β-unsaturated/α-hetero) is 1. The van der Waals surface area contributed by atoms with Crippen LogP contribution in [0.4, 0.5) is 0 Å². The molecule has 2 atom stereocenters. The largest absolute Gasteiger partial charge is 0.390 e. The van der Waals surface area contributed by atoms with E-state index in [1.165, 1.54) is 33.1 Å². The quantitative estimate of drug-likeness (QED) is 0.441. The third-order valence-corrected chi connectivity index (χ3v) is 3.50. The van der Waals surface area contributed by atoms with Crippen LogP contribution in [-0.4, -0.2) is 27.7 Å². The molecule has 0 fully saturated rings. The molecule has 0 aromatic rings. The lowest BCUT2D eigenvalue weighted by atomic mass is 9.91. The number of rotatable bonds is 11. The number of aliphatic hydroxyl groups is 2. The first-order valence-electron chi connectivity index (χ1n) is 6.95. The summed E-state index contributed by atoms with van der Waals surface area (Å²) in [4.78, 5) is 11.1. The number of unbranched alkanes of at least 4 members (excludes halogenated alkanes) is 6. The number of ketones is 1. The molecule has 0 aromatic heterocycles. The molecule has 2 N–H and O–H groups in total.